The molecule has 0 radical (unpaired) electrons. The van der Waals surface area contributed by atoms with Crippen LogP contribution >= 0.6 is 0 Å². The Kier molecular flexibility index (Phi) is 4.25. The first-order valence-corrected chi connectivity index (χ1v) is 7.72. The smallest absolute Gasteiger partial charge is 0.341 e. The fourth-order valence-corrected chi connectivity index (χ4v) is 2.64. The van der Waals surface area contributed by atoms with Crippen LogP contribution in [-0.2, 0) is 0 Å². The van der Waals surface area contributed by atoms with Crippen molar-refractivity contribution in [3.63, 3.8) is 0 Å². The molecule has 0 saturated carbocycles. The molecule has 3 aromatic rings. The molecule has 0 amide bonds. The number of aromatic hydroxyl groups is 1. The third kappa shape index (κ3) is 3.29. The van der Waals surface area contributed by atoms with Crippen LogP contribution in [0.15, 0.2) is 36.7 Å². The van der Waals surface area contributed by atoms with Gasteiger partial charge in [-0.3, -0.25) is 0 Å². The lowest BCUT2D eigenvalue weighted by Gasteiger charge is -2.31. The van der Waals surface area contributed by atoms with Crippen LogP contribution in [0.2, 0.25) is 0 Å². The summed E-state index contributed by atoms with van der Waals surface area (Å²) in [6.07, 6.45) is 2.68. The highest BCUT2D eigenvalue weighted by Crippen LogP contribution is 2.34. The van der Waals surface area contributed by atoms with Crippen molar-refractivity contribution in [3.8, 4) is 5.75 Å². The number of anilines is 1. The lowest BCUT2D eigenvalue weighted by Crippen LogP contribution is -2.34. The van der Waals surface area contributed by atoms with E-state index >= 15 is 0 Å². The molecule has 0 saturated heterocycles. The summed E-state index contributed by atoms with van der Waals surface area (Å²) in [6.45, 7) is 2.99. The van der Waals surface area contributed by atoms with Gasteiger partial charge in [0.1, 0.15) is 22.9 Å². The van der Waals surface area contributed by atoms with E-state index in [2.05, 4.69) is 15.4 Å². The molecule has 136 valence electrons. The van der Waals surface area contributed by atoms with E-state index in [1.807, 2.05) is 0 Å². The average Bonchev–Trinajstić information content (AvgIpc) is 2.97. The van der Waals surface area contributed by atoms with Crippen molar-refractivity contribution in [2.75, 3.05) is 5.32 Å². The minimum atomic E-state index is -1.39. The summed E-state index contributed by atoms with van der Waals surface area (Å²) >= 11 is 0. The number of fused-ring (bicyclic) bond motifs is 1. The van der Waals surface area contributed by atoms with Crippen molar-refractivity contribution in [1.82, 2.24) is 14.6 Å². The molecular weight excluding hydrogens is 343 g/mol. The summed E-state index contributed by atoms with van der Waals surface area (Å²) in [5.41, 5.74) is -1.22. The van der Waals surface area contributed by atoms with E-state index in [1.54, 1.807) is 0 Å². The van der Waals surface area contributed by atoms with Crippen molar-refractivity contribution in [2.24, 2.45) is 0 Å². The monoisotopic (exact) mass is 360 g/mol. The number of aromatic nitrogens is 3. The zero-order chi connectivity index (χ0) is 19.1. The number of hydrogen-bond donors (Lipinski definition) is 4. The van der Waals surface area contributed by atoms with Gasteiger partial charge in [-0.2, -0.15) is 5.10 Å². The predicted molar refractivity (Wildman–Crippen MR) is 90.7 cm³/mol. The zero-order valence-corrected chi connectivity index (χ0v) is 14.0. The number of aromatic carboxylic acids is 1. The number of carboxylic acid groups (broad SMARTS) is 1. The average molecular weight is 360 g/mol. The molecule has 9 heteroatoms. The molecule has 0 spiro atoms. The highest BCUT2D eigenvalue weighted by Gasteiger charge is 2.31. The van der Waals surface area contributed by atoms with E-state index in [-0.39, 0.29) is 28.3 Å². The van der Waals surface area contributed by atoms with Crippen LogP contribution in [-0.4, -0.2) is 41.5 Å². The maximum Gasteiger partial charge on any atom is 0.341 e. The number of rotatable bonds is 5. The van der Waals surface area contributed by atoms with Gasteiger partial charge in [-0.25, -0.2) is 18.7 Å². The molecule has 0 aliphatic carbocycles. The second-order valence-corrected chi connectivity index (χ2v) is 6.38. The molecule has 1 unspecified atom stereocenters. The van der Waals surface area contributed by atoms with Gasteiger partial charge in [0.25, 0.3) is 0 Å². The molecule has 2 aromatic heterocycles. The van der Waals surface area contributed by atoms with Gasteiger partial charge in [-0.05, 0) is 38.1 Å². The summed E-state index contributed by atoms with van der Waals surface area (Å²) in [7, 11) is 0. The van der Waals surface area contributed by atoms with E-state index in [0.717, 1.165) is 12.1 Å². The maximum atomic E-state index is 13.6. The first kappa shape index (κ1) is 17.6. The second kappa shape index (κ2) is 6.26. The van der Waals surface area contributed by atoms with Gasteiger partial charge in [0.15, 0.2) is 5.65 Å². The Hall–Kier alpha value is -3.20. The fraction of sp³-hybridized carbons (Fsp3) is 0.235. The van der Waals surface area contributed by atoms with Crippen LogP contribution in [0.4, 0.5) is 10.2 Å². The molecule has 0 fully saturated rings. The van der Waals surface area contributed by atoms with E-state index in [1.165, 1.54) is 42.9 Å². The summed E-state index contributed by atoms with van der Waals surface area (Å²) in [5.74, 6) is -1.70. The maximum absolute atomic E-state index is 13.6. The van der Waals surface area contributed by atoms with Crippen LogP contribution < -0.4 is 5.32 Å². The minimum absolute atomic E-state index is 0.0814. The number of nitrogens with one attached hydrogen (secondary N) is 1. The Morgan fingerprint density at radius 2 is 2.08 bits per heavy atom. The SMILES string of the molecule is CC(C)(O)C(Nc1ccn2ncc(C(=O)O)c2n1)c1cc(F)ccc1O. The van der Waals surface area contributed by atoms with E-state index in [0.29, 0.717) is 0 Å². The number of phenolic OH excluding ortho intramolecular Hbond substituents is 1. The van der Waals surface area contributed by atoms with Gasteiger partial charge in [-0.15, -0.1) is 0 Å². The highest BCUT2D eigenvalue weighted by atomic mass is 19.1. The Bertz CT molecular complexity index is 981. The quantitative estimate of drug-likeness (QED) is 0.550. The molecule has 1 atom stereocenters. The Balaban J connectivity index is 2.05. The molecule has 1 aromatic carbocycles. The molecular formula is C17H17FN4O4. The fourth-order valence-electron chi connectivity index (χ4n) is 2.64. The number of aliphatic hydroxyl groups is 1. The standard InChI is InChI=1S/C17H17FN4O4/c1-17(2,26)14(10-7-9(18)3-4-12(10)23)20-13-5-6-22-15(21-13)11(8-19-22)16(24)25/h3-8,14,23,26H,1-2H3,(H,20,21)(H,24,25). The minimum Gasteiger partial charge on any atom is -0.508 e. The van der Waals surface area contributed by atoms with Crippen LogP contribution in [0, 0.1) is 5.82 Å². The van der Waals surface area contributed by atoms with Crippen molar-refractivity contribution >= 4 is 17.4 Å². The van der Waals surface area contributed by atoms with Crippen LogP contribution in [0.5, 0.6) is 5.75 Å². The lowest BCUT2D eigenvalue weighted by atomic mass is 9.91. The summed E-state index contributed by atoms with van der Waals surface area (Å²) in [6, 6.07) is 4.03. The topological polar surface area (TPSA) is 120 Å². The summed E-state index contributed by atoms with van der Waals surface area (Å²) in [4.78, 5) is 15.5. The summed E-state index contributed by atoms with van der Waals surface area (Å²) in [5, 5.41) is 36.6. The van der Waals surface area contributed by atoms with Crippen molar-refractivity contribution in [3.05, 3.63) is 53.6 Å². The number of benzene rings is 1. The van der Waals surface area contributed by atoms with Crippen molar-refractivity contribution in [1.29, 1.82) is 0 Å². The van der Waals surface area contributed by atoms with Gasteiger partial charge >= 0.3 is 5.97 Å². The van der Waals surface area contributed by atoms with E-state index in [9.17, 15) is 24.5 Å². The van der Waals surface area contributed by atoms with Crippen LogP contribution in [0.1, 0.15) is 35.8 Å². The third-order valence-corrected chi connectivity index (χ3v) is 3.90. The van der Waals surface area contributed by atoms with E-state index < -0.39 is 23.4 Å². The lowest BCUT2D eigenvalue weighted by molar-refractivity contribution is 0.0578. The normalized spacial score (nSPS) is 12.9. The first-order valence-electron chi connectivity index (χ1n) is 7.72. The number of hydrogen-bond acceptors (Lipinski definition) is 6. The van der Waals surface area contributed by atoms with Crippen molar-refractivity contribution < 1.29 is 24.5 Å². The zero-order valence-electron chi connectivity index (χ0n) is 14.0. The Morgan fingerprint density at radius 3 is 2.73 bits per heavy atom. The van der Waals surface area contributed by atoms with Gasteiger partial charge in [0.05, 0.1) is 17.8 Å². The molecule has 0 bridgehead atoms. The molecule has 26 heavy (non-hydrogen) atoms. The molecule has 0 aliphatic heterocycles. The molecule has 2 heterocycles. The number of nitrogens with zero attached hydrogens (tertiary/aromatic N) is 3. The molecule has 0 aliphatic rings. The molecule has 8 nitrogen and oxygen atoms in total. The van der Waals surface area contributed by atoms with Crippen LogP contribution in [0.25, 0.3) is 5.65 Å². The number of carboxylic acids is 1. The van der Waals surface area contributed by atoms with Gasteiger partial charge in [0.2, 0.25) is 0 Å². The number of carbonyl (C=O) groups is 1. The van der Waals surface area contributed by atoms with E-state index in [4.69, 9.17) is 0 Å². The third-order valence-electron chi connectivity index (χ3n) is 3.90. The number of phenols is 1. The first-order chi connectivity index (χ1) is 12.2. The number of halogens is 1. The largest absolute Gasteiger partial charge is 0.508 e. The van der Waals surface area contributed by atoms with Gasteiger partial charge in [0, 0.05) is 11.8 Å². The predicted octanol–water partition coefficient (Wildman–Crippen LogP) is 2.20. The second-order valence-electron chi connectivity index (χ2n) is 6.38. The molecule has 3 rings (SSSR count). The van der Waals surface area contributed by atoms with Crippen LogP contribution in [0.3, 0.4) is 0 Å². The summed E-state index contributed by atoms with van der Waals surface area (Å²) < 4.78 is 14.9. The Labute approximate surface area is 147 Å². The molecule has 4 N–H and O–H groups in total. The van der Waals surface area contributed by atoms with Crippen molar-refractivity contribution in [2.45, 2.75) is 25.5 Å². The van der Waals surface area contributed by atoms with Gasteiger partial charge in [-0.1, -0.05) is 0 Å². The highest BCUT2D eigenvalue weighted by molar-refractivity contribution is 5.94. The van der Waals surface area contributed by atoms with Gasteiger partial charge < -0.3 is 20.6 Å². The Morgan fingerprint density at radius 1 is 1.35 bits per heavy atom.